The third kappa shape index (κ3) is 3.06. The molecule has 0 aliphatic carbocycles. The number of nitrogens with one attached hydrogen (secondary N) is 1. The smallest absolute Gasteiger partial charge is 0.106 e. The second kappa shape index (κ2) is 5.75. The highest BCUT2D eigenvalue weighted by molar-refractivity contribution is 5.85. The zero-order valence-corrected chi connectivity index (χ0v) is 8.43. The summed E-state index contributed by atoms with van der Waals surface area (Å²) in [6, 6.07) is 0. The Labute approximate surface area is 83.7 Å². The van der Waals surface area contributed by atoms with Crippen LogP contribution in [0.15, 0.2) is 0 Å². The molecular weight excluding hydrogens is 197 g/mol. The van der Waals surface area contributed by atoms with Gasteiger partial charge < -0.3 is 15.5 Å². The summed E-state index contributed by atoms with van der Waals surface area (Å²) in [5.74, 6) is -0.459. The molecule has 4 atom stereocenters. The molecule has 0 saturated carbocycles. The Morgan fingerprint density at radius 3 is 2.62 bits per heavy atom. The van der Waals surface area contributed by atoms with Crippen molar-refractivity contribution in [2.24, 2.45) is 5.92 Å². The van der Waals surface area contributed by atoms with Crippen LogP contribution in [0.25, 0.3) is 0 Å². The highest BCUT2D eigenvalue weighted by Gasteiger charge is 2.34. The van der Waals surface area contributed by atoms with Gasteiger partial charge in [-0.2, -0.15) is 0 Å². The number of aliphatic hydroxyl groups excluding tert-OH is 2. The normalized spacial score (nSPS) is 36.5. The number of hydrogen-bond donors (Lipinski definition) is 3. The van der Waals surface area contributed by atoms with Crippen molar-refractivity contribution in [3.8, 4) is 0 Å². The number of hydrogen-bond acceptors (Lipinski definition) is 3. The maximum absolute atomic E-state index is 13.1. The number of halogens is 2. The molecule has 13 heavy (non-hydrogen) atoms. The summed E-state index contributed by atoms with van der Waals surface area (Å²) in [6.07, 6.45) is -2.38. The fraction of sp³-hybridized carbons (Fsp3) is 1.00. The van der Waals surface area contributed by atoms with Gasteiger partial charge in [0.05, 0.1) is 12.2 Å². The second-order valence-corrected chi connectivity index (χ2v) is 3.30. The topological polar surface area (TPSA) is 52.5 Å². The largest absolute Gasteiger partial charge is 0.390 e. The zero-order valence-electron chi connectivity index (χ0n) is 7.61. The average Bonchev–Trinajstić information content (AvgIpc) is 2.08. The molecule has 0 aromatic rings. The van der Waals surface area contributed by atoms with E-state index in [0.717, 1.165) is 0 Å². The molecule has 1 aliphatic heterocycles. The van der Waals surface area contributed by atoms with Crippen molar-refractivity contribution in [3.63, 3.8) is 0 Å². The molecule has 0 unspecified atom stereocenters. The van der Waals surface area contributed by atoms with Crippen molar-refractivity contribution in [1.82, 2.24) is 5.32 Å². The van der Waals surface area contributed by atoms with Gasteiger partial charge in [0.25, 0.3) is 0 Å². The molecule has 0 bridgehead atoms. The lowest BCUT2D eigenvalue weighted by atomic mass is 9.89. The van der Waals surface area contributed by atoms with Crippen molar-refractivity contribution in [2.45, 2.75) is 31.7 Å². The van der Waals surface area contributed by atoms with Crippen molar-refractivity contribution < 1.29 is 14.6 Å². The molecule has 0 aromatic heterocycles. The quantitative estimate of drug-likeness (QED) is 0.610. The monoisotopic (exact) mass is 213 g/mol. The number of β-amino-alcohol motifs (C(OH)–C–C–N with tert-alkyl or cyclic N) is 1. The highest BCUT2D eigenvalue weighted by Crippen LogP contribution is 2.20. The summed E-state index contributed by atoms with van der Waals surface area (Å²) >= 11 is 0. The zero-order chi connectivity index (χ0) is 9.14. The van der Waals surface area contributed by atoms with E-state index in [1.807, 2.05) is 0 Å². The molecule has 1 aliphatic rings. The molecule has 80 valence electrons. The van der Waals surface area contributed by atoms with Gasteiger partial charge in [-0.1, -0.05) is 6.92 Å². The summed E-state index contributed by atoms with van der Waals surface area (Å²) in [4.78, 5) is 0. The number of rotatable bonds is 2. The van der Waals surface area contributed by atoms with Crippen LogP contribution in [-0.2, 0) is 0 Å². The van der Waals surface area contributed by atoms with Crippen molar-refractivity contribution >= 4 is 12.4 Å². The Kier molecular flexibility index (Phi) is 5.80. The predicted octanol–water partition coefficient (Wildman–Crippen LogP) is 0.0975. The summed E-state index contributed by atoms with van der Waals surface area (Å²) < 4.78 is 13.1. The molecule has 1 saturated heterocycles. The van der Waals surface area contributed by atoms with Crippen molar-refractivity contribution in [3.05, 3.63) is 0 Å². The minimum Gasteiger partial charge on any atom is -0.390 e. The lowest BCUT2D eigenvalue weighted by molar-refractivity contribution is -0.0576. The van der Waals surface area contributed by atoms with E-state index < -0.39 is 24.3 Å². The second-order valence-electron chi connectivity index (χ2n) is 3.30. The Hall–Kier alpha value is 0.1000. The van der Waals surface area contributed by atoms with E-state index in [2.05, 4.69) is 5.32 Å². The van der Waals surface area contributed by atoms with Crippen LogP contribution < -0.4 is 5.32 Å². The van der Waals surface area contributed by atoms with E-state index in [4.69, 9.17) is 0 Å². The van der Waals surface area contributed by atoms with Gasteiger partial charge in [0.15, 0.2) is 0 Å². The van der Waals surface area contributed by atoms with Gasteiger partial charge in [-0.15, -0.1) is 12.4 Å². The van der Waals surface area contributed by atoms with Gasteiger partial charge in [0.2, 0.25) is 0 Å². The first-order chi connectivity index (χ1) is 5.66. The Morgan fingerprint density at radius 2 is 2.08 bits per heavy atom. The minimum absolute atomic E-state index is 0. The van der Waals surface area contributed by atoms with E-state index in [9.17, 15) is 14.6 Å². The third-order valence-corrected chi connectivity index (χ3v) is 2.42. The molecule has 1 heterocycles. The number of alkyl halides is 1. The average molecular weight is 214 g/mol. The van der Waals surface area contributed by atoms with Gasteiger partial charge in [-0.25, -0.2) is 4.39 Å². The van der Waals surface area contributed by atoms with Gasteiger partial charge in [-0.3, -0.25) is 0 Å². The van der Waals surface area contributed by atoms with Gasteiger partial charge in [0.1, 0.15) is 6.17 Å². The van der Waals surface area contributed by atoms with E-state index >= 15 is 0 Å². The van der Waals surface area contributed by atoms with Crippen molar-refractivity contribution in [1.29, 1.82) is 0 Å². The summed E-state index contributed by atoms with van der Waals surface area (Å²) in [6.45, 7) is 2.54. The maximum Gasteiger partial charge on any atom is 0.106 e. The molecule has 5 heteroatoms. The van der Waals surface area contributed by atoms with Crippen LogP contribution in [0.2, 0.25) is 0 Å². The predicted molar refractivity (Wildman–Crippen MR) is 50.8 cm³/mol. The van der Waals surface area contributed by atoms with Gasteiger partial charge >= 0.3 is 0 Å². The third-order valence-electron chi connectivity index (χ3n) is 2.42. The van der Waals surface area contributed by atoms with Gasteiger partial charge in [-0.05, 0) is 6.42 Å². The fourth-order valence-electron chi connectivity index (χ4n) is 1.57. The first-order valence-corrected chi connectivity index (χ1v) is 4.37. The van der Waals surface area contributed by atoms with Crippen LogP contribution in [-0.4, -0.2) is 41.7 Å². The Morgan fingerprint density at radius 1 is 1.46 bits per heavy atom. The number of aliphatic hydroxyl groups is 2. The summed E-state index contributed by atoms with van der Waals surface area (Å²) in [5.41, 5.74) is 0. The summed E-state index contributed by atoms with van der Waals surface area (Å²) in [7, 11) is 0. The van der Waals surface area contributed by atoms with Crippen LogP contribution in [0.1, 0.15) is 13.3 Å². The molecule has 0 spiro atoms. The number of piperidine rings is 1. The van der Waals surface area contributed by atoms with E-state index in [1.54, 1.807) is 6.92 Å². The standard InChI is InChI=1S/C8H16FNO2.ClH/c1-2-6(9)5-3-10-4-7(11)8(5)12;/h5-8,10-12H,2-4H2,1H3;1H/t5-,6-,7-,8-;/m1./s1. The van der Waals surface area contributed by atoms with Crippen LogP contribution in [0.4, 0.5) is 4.39 Å². The fourth-order valence-corrected chi connectivity index (χ4v) is 1.57. The highest BCUT2D eigenvalue weighted by atomic mass is 35.5. The van der Waals surface area contributed by atoms with Crippen LogP contribution in [0.3, 0.4) is 0 Å². The molecule has 0 radical (unpaired) electrons. The van der Waals surface area contributed by atoms with Crippen LogP contribution in [0.5, 0.6) is 0 Å². The van der Waals surface area contributed by atoms with Crippen molar-refractivity contribution in [2.75, 3.05) is 13.1 Å². The van der Waals surface area contributed by atoms with Gasteiger partial charge in [0, 0.05) is 19.0 Å². The Bertz CT molecular complexity index is 150. The van der Waals surface area contributed by atoms with E-state index in [-0.39, 0.29) is 12.4 Å². The molecule has 3 nitrogen and oxygen atoms in total. The van der Waals surface area contributed by atoms with Crippen LogP contribution >= 0.6 is 12.4 Å². The van der Waals surface area contributed by atoms with E-state index in [1.165, 1.54) is 0 Å². The molecule has 0 amide bonds. The first-order valence-electron chi connectivity index (χ1n) is 4.37. The van der Waals surface area contributed by atoms with Crippen LogP contribution in [0, 0.1) is 5.92 Å². The molecule has 1 fully saturated rings. The minimum atomic E-state index is -1.03. The molecule has 0 aromatic carbocycles. The molecular formula is C8H17ClFNO2. The SMILES string of the molecule is CC[C@@H](F)[C@H]1CNC[C@@H](O)[C@@H]1O.Cl. The summed E-state index contributed by atoms with van der Waals surface area (Å²) in [5, 5.41) is 21.5. The van der Waals surface area contributed by atoms with E-state index in [0.29, 0.717) is 19.5 Å². The lowest BCUT2D eigenvalue weighted by Crippen LogP contribution is -2.53. The maximum atomic E-state index is 13.1. The molecule has 3 N–H and O–H groups in total. The first kappa shape index (κ1) is 13.1. The lowest BCUT2D eigenvalue weighted by Gasteiger charge is -2.34. The Balaban J connectivity index is 0.00000144. The molecule has 1 rings (SSSR count).